The molecule has 0 N–H and O–H groups in total. The zero-order chi connectivity index (χ0) is 13.1. The highest BCUT2D eigenvalue weighted by Crippen LogP contribution is 2.23. The first kappa shape index (κ1) is 14.2. The van der Waals surface area contributed by atoms with Crippen molar-refractivity contribution in [1.82, 2.24) is 0 Å². The van der Waals surface area contributed by atoms with Crippen LogP contribution in [0.1, 0.15) is 20.8 Å². The third kappa shape index (κ3) is 3.30. The van der Waals surface area contributed by atoms with Gasteiger partial charge < -0.3 is 4.74 Å². The van der Waals surface area contributed by atoms with Crippen LogP contribution in [0.4, 0.5) is 0 Å². The van der Waals surface area contributed by atoms with Crippen LogP contribution in [-0.2, 0) is 20.3 Å². The largest absolute Gasteiger partial charge is 0.465 e. The van der Waals surface area contributed by atoms with Crippen LogP contribution in [0.2, 0.25) is 5.02 Å². The van der Waals surface area contributed by atoms with E-state index in [1.807, 2.05) is 0 Å². The fraction of sp³-hybridized carbons (Fsp3) is 0.417. The molecule has 1 unspecified atom stereocenters. The topological polar surface area (TPSA) is 43.4 Å². The van der Waals surface area contributed by atoms with Crippen LogP contribution in [-0.4, -0.2) is 21.5 Å². The van der Waals surface area contributed by atoms with E-state index in [0.29, 0.717) is 9.92 Å². The van der Waals surface area contributed by atoms with Crippen molar-refractivity contribution in [2.75, 3.05) is 6.61 Å². The Hall–Kier alpha value is -0.870. The van der Waals surface area contributed by atoms with Gasteiger partial charge in [-0.3, -0.25) is 9.00 Å². The molecule has 94 valence electrons. The standard InChI is InChI=1S/C12H15ClO3S/c1-4-16-11(14)12(2,3)17(15)10-7-5-9(13)6-8-10/h5-8H,4H2,1-3H3. The van der Waals surface area contributed by atoms with Crippen LogP contribution < -0.4 is 0 Å². The molecule has 5 heteroatoms. The Morgan fingerprint density at radius 2 is 1.88 bits per heavy atom. The second-order valence-electron chi connectivity index (χ2n) is 3.95. The molecule has 3 nitrogen and oxygen atoms in total. The number of benzene rings is 1. The quantitative estimate of drug-likeness (QED) is 0.793. The van der Waals surface area contributed by atoms with Crippen molar-refractivity contribution in [3.8, 4) is 0 Å². The van der Waals surface area contributed by atoms with Crippen LogP contribution in [0.15, 0.2) is 29.2 Å². The first-order valence-electron chi connectivity index (χ1n) is 5.24. The SMILES string of the molecule is CCOC(=O)C(C)(C)S(=O)c1ccc(Cl)cc1. The summed E-state index contributed by atoms with van der Waals surface area (Å²) in [6.45, 7) is 5.21. The molecule has 1 aromatic rings. The van der Waals surface area contributed by atoms with Gasteiger partial charge >= 0.3 is 5.97 Å². The van der Waals surface area contributed by atoms with Gasteiger partial charge in [0.25, 0.3) is 0 Å². The van der Waals surface area contributed by atoms with E-state index < -0.39 is 21.5 Å². The minimum absolute atomic E-state index is 0.278. The van der Waals surface area contributed by atoms with Crippen molar-refractivity contribution in [1.29, 1.82) is 0 Å². The molecule has 0 spiro atoms. The molecule has 0 amide bonds. The summed E-state index contributed by atoms with van der Waals surface area (Å²) in [7, 11) is -1.47. The van der Waals surface area contributed by atoms with Gasteiger partial charge in [-0.1, -0.05) is 11.6 Å². The summed E-state index contributed by atoms with van der Waals surface area (Å²) in [5.74, 6) is -0.465. The zero-order valence-electron chi connectivity index (χ0n) is 10.0. The first-order chi connectivity index (χ1) is 7.89. The smallest absolute Gasteiger partial charge is 0.324 e. The Labute approximate surface area is 109 Å². The molecule has 1 aromatic carbocycles. The van der Waals surface area contributed by atoms with Crippen LogP contribution in [0.25, 0.3) is 0 Å². The summed E-state index contributed by atoms with van der Waals surface area (Å²) in [4.78, 5) is 12.3. The van der Waals surface area contributed by atoms with Crippen LogP contribution in [0, 0.1) is 0 Å². The van der Waals surface area contributed by atoms with Gasteiger partial charge in [-0.25, -0.2) is 0 Å². The average molecular weight is 275 g/mol. The highest BCUT2D eigenvalue weighted by molar-refractivity contribution is 7.87. The molecule has 0 radical (unpaired) electrons. The van der Waals surface area contributed by atoms with E-state index in [0.717, 1.165) is 0 Å². The number of carbonyl (C=O) groups is 1. The lowest BCUT2D eigenvalue weighted by Gasteiger charge is -2.21. The second kappa shape index (κ2) is 5.65. The number of hydrogen-bond acceptors (Lipinski definition) is 3. The summed E-state index contributed by atoms with van der Waals surface area (Å²) in [5.41, 5.74) is 0. The van der Waals surface area contributed by atoms with Gasteiger partial charge in [0.15, 0.2) is 0 Å². The van der Waals surface area contributed by atoms with Crippen molar-refractivity contribution in [3.05, 3.63) is 29.3 Å². The molecular weight excluding hydrogens is 260 g/mol. The highest BCUT2D eigenvalue weighted by atomic mass is 35.5. The van der Waals surface area contributed by atoms with Crippen LogP contribution >= 0.6 is 11.6 Å². The zero-order valence-corrected chi connectivity index (χ0v) is 11.6. The van der Waals surface area contributed by atoms with Crippen LogP contribution in [0.5, 0.6) is 0 Å². The second-order valence-corrected chi connectivity index (χ2v) is 6.42. The molecule has 0 heterocycles. The molecule has 0 fully saturated rings. The van der Waals surface area contributed by atoms with E-state index >= 15 is 0 Å². The summed E-state index contributed by atoms with van der Waals surface area (Å²) >= 11 is 5.75. The number of carbonyl (C=O) groups excluding carboxylic acids is 1. The van der Waals surface area contributed by atoms with E-state index in [4.69, 9.17) is 16.3 Å². The van der Waals surface area contributed by atoms with Gasteiger partial charge in [0.05, 0.1) is 17.4 Å². The molecule has 0 aliphatic carbocycles. The first-order valence-corrected chi connectivity index (χ1v) is 6.77. The Balaban J connectivity index is 2.95. The summed E-state index contributed by atoms with van der Waals surface area (Å²) in [6, 6.07) is 6.60. The maximum atomic E-state index is 12.3. The number of hydrogen-bond donors (Lipinski definition) is 0. The molecule has 1 rings (SSSR count). The number of ether oxygens (including phenoxy) is 1. The van der Waals surface area contributed by atoms with E-state index in [9.17, 15) is 9.00 Å². The average Bonchev–Trinajstić information content (AvgIpc) is 2.29. The number of rotatable bonds is 4. The minimum atomic E-state index is -1.47. The predicted molar refractivity (Wildman–Crippen MR) is 68.6 cm³/mol. The molecule has 1 atom stereocenters. The van der Waals surface area contributed by atoms with E-state index in [-0.39, 0.29) is 6.61 Å². The van der Waals surface area contributed by atoms with Gasteiger partial charge in [0.1, 0.15) is 4.75 Å². The molecule has 0 saturated carbocycles. The maximum absolute atomic E-state index is 12.3. The van der Waals surface area contributed by atoms with Crippen molar-refractivity contribution < 1.29 is 13.7 Å². The highest BCUT2D eigenvalue weighted by Gasteiger charge is 2.36. The Bertz CT molecular complexity index is 426. The molecule has 0 bridgehead atoms. The summed E-state index contributed by atoms with van der Waals surface area (Å²) in [6.07, 6.45) is 0. The van der Waals surface area contributed by atoms with Crippen molar-refractivity contribution in [3.63, 3.8) is 0 Å². The summed E-state index contributed by atoms with van der Waals surface area (Å²) in [5, 5.41) is 0.569. The number of halogens is 1. The Morgan fingerprint density at radius 1 is 1.35 bits per heavy atom. The van der Waals surface area contributed by atoms with Gasteiger partial charge in [0, 0.05) is 9.92 Å². The molecule has 0 aliphatic rings. The molecule has 0 aromatic heterocycles. The molecule has 0 aliphatic heterocycles. The lowest BCUT2D eigenvalue weighted by Crippen LogP contribution is -2.38. The predicted octanol–water partition coefficient (Wildman–Crippen LogP) is 2.79. The van der Waals surface area contributed by atoms with Gasteiger partial charge in [-0.15, -0.1) is 0 Å². The third-order valence-electron chi connectivity index (χ3n) is 2.26. The van der Waals surface area contributed by atoms with Crippen molar-refractivity contribution in [2.24, 2.45) is 0 Å². The normalized spacial score (nSPS) is 13.2. The number of esters is 1. The van der Waals surface area contributed by atoms with E-state index in [2.05, 4.69) is 0 Å². The Kier molecular flexibility index (Phi) is 4.71. The van der Waals surface area contributed by atoms with Gasteiger partial charge in [-0.05, 0) is 45.0 Å². The van der Waals surface area contributed by atoms with E-state index in [1.54, 1.807) is 45.0 Å². The fourth-order valence-electron chi connectivity index (χ4n) is 1.23. The lowest BCUT2D eigenvalue weighted by molar-refractivity contribution is -0.145. The fourth-order valence-corrected chi connectivity index (χ4v) is 2.54. The Morgan fingerprint density at radius 3 is 2.35 bits per heavy atom. The lowest BCUT2D eigenvalue weighted by atomic mass is 10.2. The van der Waals surface area contributed by atoms with Gasteiger partial charge in [0.2, 0.25) is 0 Å². The molecule has 17 heavy (non-hydrogen) atoms. The maximum Gasteiger partial charge on any atom is 0.324 e. The van der Waals surface area contributed by atoms with Gasteiger partial charge in [-0.2, -0.15) is 0 Å². The van der Waals surface area contributed by atoms with Crippen molar-refractivity contribution >= 4 is 28.4 Å². The summed E-state index contributed by atoms with van der Waals surface area (Å²) < 4.78 is 16.1. The molecule has 0 saturated heterocycles. The van der Waals surface area contributed by atoms with Crippen LogP contribution in [0.3, 0.4) is 0 Å². The van der Waals surface area contributed by atoms with Crippen molar-refractivity contribution in [2.45, 2.75) is 30.4 Å². The third-order valence-corrected chi connectivity index (χ3v) is 4.30. The van der Waals surface area contributed by atoms with E-state index in [1.165, 1.54) is 0 Å². The minimum Gasteiger partial charge on any atom is -0.465 e. The molecular formula is C12H15ClO3S. The monoisotopic (exact) mass is 274 g/mol.